The summed E-state index contributed by atoms with van der Waals surface area (Å²) >= 11 is 0. The Morgan fingerprint density at radius 3 is 2.85 bits per heavy atom. The van der Waals surface area contributed by atoms with E-state index < -0.39 is 0 Å². The van der Waals surface area contributed by atoms with Gasteiger partial charge in [0.15, 0.2) is 0 Å². The standard InChI is InChI=1S/C11H19NO/c1-3-4-5-6-7-10(2)11-8-9-12-13-11/h8-10H,3-7H2,1-2H3. The molecule has 0 aliphatic rings. The Morgan fingerprint density at radius 1 is 1.38 bits per heavy atom. The van der Waals surface area contributed by atoms with E-state index in [4.69, 9.17) is 4.52 Å². The molecule has 0 fully saturated rings. The van der Waals surface area contributed by atoms with Gasteiger partial charge in [0, 0.05) is 12.0 Å². The maximum atomic E-state index is 5.10. The molecule has 2 nitrogen and oxygen atoms in total. The first-order chi connectivity index (χ1) is 6.34. The molecule has 0 bridgehead atoms. The van der Waals surface area contributed by atoms with Crippen LogP contribution in [0.4, 0.5) is 0 Å². The molecular formula is C11H19NO. The molecule has 0 aliphatic heterocycles. The molecule has 0 aliphatic carbocycles. The first-order valence-electron chi connectivity index (χ1n) is 5.25. The van der Waals surface area contributed by atoms with E-state index in [1.807, 2.05) is 6.07 Å². The quantitative estimate of drug-likeness (QED) is 0.625. The van der Waals surface area contributed by atoms with Gasteiger partial charge in [0.05, 0.1) is 6.20 Å². The molecule has 13 heavy (non-hydrogen) atoms. The number of aromatic nitrogens is 1. The molecule has 0 aromatic carbocycles. The van der Waals surface area contributed by atoms with Gasteiger partial charge in [-0.15, -0.1) is 0 Å². The van der Waals surface area contributed by atoms with Crippen molar-refractivity contribution in [3.05, 3.63) is 18.0 Å². The van der Waals surface area contributed by atoms with E-state index in [9.17, 15) is 0 Å². The zero-order valence-corrected chi connectivity index (χ0v) is 8.62. The van der Waals surface area contributed by atoms with Crippen molar-refractivity contribution in [1.29, 1.82) is 0 Å². The van der Waals surface area contributed by atoms with Gasteiger partial charge in [-0.3, -0.25) is 0 Å². The highest BCUT2D eigenvalue weighted by atomic mass is 16.5. The summed E-state index contributed by atoms with van der Waals surface area (Å²) in [6.45, 7) is 4.44. The number of hydrogen-bond donors (Lipinski definition) is 0. The van der Waals surface area contributed by atoms with Crippen LogP contribution in [0.25, 0.3) is 0 Å². The summed E-state index contributed by atoms with van der Waals surface area (Å²) in [4.78, 5) is 0. The predicted molar refractivity (Wildman–Crippen MR) is 53.7 cm³/mol. The predicted octanol–water partition coefficient (Wildman–Crippen LogP) is 3.75. The van der Waals surface area contributed by atoms with E-state index in [0.29, 0.717) is 5.92 Å². The lowest BCUT2D eigenvalue weighted by molar-refractivity contribution is 0.356. The topological polar surface area (TPSA) is 26.0 Å². The van der Waals surface area contributed by atoms with E-state index in [1.54, 1.807) is 6.20 Å². The zero-order valence-electron chi connectivity index (χ0n) is 8.62. The van der Waals surface area contributed by atoms with Crippen molar-refractivity contribution >= 4 is 0 Å². The van der Waals surface area contributed by atoms with Crippen LogP contribution in [-0.4, -0.2) is 5.16 Å². The maximum Gasteiger partial charge on any atom is 0.139 e. The first kappa shape index (κ1) is 10.3. The Labute approximate surface area is 80.3 Å². The molecule has 1 aromatic rings. The monoisotopic (exact) mass is 181 g/mol. The van der Waals surface area contributed by atoms with E-state index in [-0.39, 0.29) is 0 Å². The average Bonchev–Trinajstić information content (AvgIpc) is 2.65. The largest absolute Gasteiger partial charge is 0.361 e. The summed E-state index contributed by atoms with van der Waals surface area (Å²) in [6, 6.07) is 1.96. The van der Waals surface area contributed by atoms with Gasteiger partial charge >= 0.3 is 0 Å². The summed E-state index contributed by atoms with van der Waals surface area (Å²) in [5.41, 5.74) is 0. The van der Waals surface area contributed by atoms with Crippen LogP contribution in [0.15, 0.2) is 16.8 Å². The van der Waals surface area contributed by atoms with Gasteiger partial charge in [-0.2, -0.15) is 0 Å². The normalized spacial score (nSPS) is 13.1. The van der Waals surface area contributed by atoms with Crippen molar-refractivity contribution in [2.24, 2.45) is 0 Å². The molecule has 1 aromatic heterocycles. The molecule has 2 heteroatoms. The maximum absolute atomic E-state index is 5.10. The third kappa shape index (κ3) is 3.62. The molecule has 0 spiro atoms. The molecule has 0 saturated carbocycles. The van der Waals surface area contributed by atoms with Gasteiger partial charge in [0.2, 0.25) is 0 Å². The molecule has 1 unspecified atom stereocenters. The van der Waals surface area contributed by atoms with Crippen molar-refractivity contribution in [2.75, 3.05) is 0 Å². The van der Waals surface area contributed by atoms with Gasteiger partial charge in [-0.05, 0) is 6.42 Å². The van der Waals surface area contributed by atoms with Crippen LogP contribution in [0.1, 0.15) is 57.6 Å². The molecule has 1 atom stereocenters. The van der Waals surface area contributed by atoms with E-state index in [0.717, 1.165) is 5.76 Å². The molecule has 0 amide bonds. The van der Waals surface area contributed by atoms with Crippen molar-refractivity contribution in [3.63, 3.8) is 0 Å². The summed E-state index contributed by atoms with van der Waals surface area (Å²) in [5, 5.41) is 3.71. The van der Waals surface area contributed by atoms with Crippen LogP contribution in [0.5, 0.6) is 0 Å². The Bertz CT molecular complexity index is 206. The SMILES string of the molecule is CCCCCCC(C)c1ccno1. The minimum atomic E-state index is 0.527. The lowest BCUT2D eigenvalue weighted by Crippen LogP contribution is -1.91. The van der Waals surface area contributed by atoms with Gasteiger partial charge in [0.25, 0.3) is 0 Å². The van der Waals surface area contributed by atoms with Crippen molar-refractivity contribution in [2.45, 2.75) is 51.9 Å². The Balaban J connectivity index is 2.15. The minimum Gasteiger partial charge on any atom is -0.361 e. The number of hydrogen-bond acceptors (Lipinski definition) is 2. The Morgan fingerprint density at radius 2 is 2.23 bits per heavy atom. The van der Waals surface area contributed by atoms with Crippen LogP contribution < -0.4 is 0 Å². The van der Waals surface area contributed by atoms with Gasteiger partial charge < -0.3 is 4.52 Å². The van der Waals surface area contributed by atoms with Crippen LogP contribution in [0.2, 0.25) is 0 Å². The van der Waals surface area contributed by atoms with Crippen LogP contribution in [0, 0.1) is 0 Å². The number of rotatable bonds is 6. The van der Waals surface area contributed by atoms with Crippen molar-refractivity contribution < 1.29 is 4.52 Å². The van der Waals surface area contributed by atoms with E-state index in [2.05, 4.69) is 19.0 Å². The Kier molecular flexibility index (Phi) is 4.58. The molecule has 1 heterocycles. The summed E-state index contributed by atoms with van der Waals surface area (Å²) in [5.74, 6) is 1.55. The van der Waals surface area contributed by atoms with Crippen LogP contribution in [0.3, 0.4) is 0 Å². The molecule has 0 saturated heterocycles. The first-order valence-corrected chi connectivity index (χ1v) is 5.25. The zero-order chi connectivity index (χ0) is 9.52. The van der Waals surface area contributed by atoms with Gasteiger partial charge in [-0.25, -0.2) is 0 Å². The Hall–Kier alpha value is -0.790. The van der Waals surface area contributed by atoms with Crippen molar-refractivity contribution in [3.8, 4) is 0 Å². The minimum absolute atomic E-state index is 0.527. The van der Waals surface area contributed by atoms with E-state index >= 15 is 0 Å². The molecule has 74 valence electrons. The second-order valence-electron chi connectivity index (χ2n) is 3.67. The van der Waals surface area contributed by atoms with Gasteiger partial charge in [0.1, 0.15) is 5.76 Å². The second-order valence-corrected chi connectivity index (χ2v) is 3.67. The summed E-state index contributed by atoms with van der Waals surface area (Å²) in [7, 11) is 0. The van der Waals surface area contributed by atoms with Crippen LogP contribution in [-0.2, 0) is 0 Å². The third-order valence-electron chi connectivity index (χ3n) is 2.43. The second kappa shape index (κ2) is 5.79. The van der Waals surface area contributed by atoms with Crippen LogP contribution >= 0.6 is 0 Å². The highest BCUT2D eigenvalue weighted by molar-refractivity contribution is 4.99. The summed E-state index contributed by atoms with van der Waals surface area (Å²) < 4.78 is 5.10. The van der Waals surface area contributed by atoms with Gasteiger partial charge in [-0.1, -0.05) is 44.7 Å². The number of nitrogens with zero attached hydrogens (tertiary/aromatic N) is 1. The highest BCUT2D eigenvalue weighted by Crippen LogP contribution is 2.21. The lowest BCUT2D eigenvalue weighted by Gasteiger charge is -2.06. The fourth-order valence-corrected chi connectivity index (χ4v) is 1.50. The third-order valence-corrected chi connectivity index (χ3v) is 2.43. The fraction of sp³-hybridized carbons (Fsp3) is 0.727. The highest BCUT2D eigenvalue weighted by Gasteiger charge is 2.07. The summed E-state index contributed by atoms with van der Waals surface area (Å²) in [6.07, 6.45) is 8.23. The van der Waals surface area contributed by atoms with Crippen molar-refractivity contribution in [1.82, 2.24) is 5.16 Å². The smallest absolute Gasteiger partial charge is 0.139 e. The number of unbranched alkanes of at least 4 members (excludes halogenated alkanes) is 3. The fourth-order valence-electron chi connectivity index (χ4n) is 1.50. The van der Waals surface area contributed by atoms with E-state index in [1.165, 1.54) is 32.1 Å². The molecule has 0 radical (unpaired) electrons. The molecule has 0 N–H and O–H groups in total. The average molecular weight is 181 g/mol. The molecular weight excluding hydrogens is 162 g/mol. The molecule has 1 rings (SSSR count). The lowest BCUT2D eigenvalue weighted by atomic mass is 10.0.